The number of carbonyl (C=O) groups excluding carboxylic acids is 1. The number of aromatic nitrogens is 1. The highest BCUT2D eigenvalue weighted by Gasteiger charge is 2.21. The first-order valence-electron chi connectivity index (χ1n) is 11.9. The molecule has 7 nitrogen and oxygen atoms in total. The summed E-state index contributed by atoms with van der Waals surface area (Å²) in [6, 6.07) is 23.3. The lowest BCUT2D eigenvalue weighted by Crippen LogP contribution is -2.43. The fourth-order valence-corrected chi connectivity index (χ4v) is 4.41. The minimum absolute atomic E-state index is 0.124. The number of ether oxygens (including phenoxy) is 1. The molecule has 4 rings (SSSR count). The molecule has 3 aromatic carbocycles. The van der Waals surface area contributed by atoms with Crippen LogP contribution in [0.3, 0.4) is 0 Å². The molecule has 2 N–H and O–H groups in total. The number of hydrogen-bond acceptors (Lipinski definition) is 5. The molecule has 8 heteroatoms. The second kappa shape index (κ2) is 12.4. The standard InChI is InChI=1S/C29H27BrN2O5/c1-19-24(32-28(37-19)22-10-6-3-7-11-22)14-15-36-26-13-12-21(16-23(26)30)17-25(29(34)35)31-27(33)18-20-8-4-2-5-9-20/h2-13,16,25H,14-15,17-18H2,1H3,(H,31,33)(H,34,35)/t25-/m0/s1. The zero-order valence-electron chi connectivity index (χ0n) is 20.3. The first kappa shape index (κ1) is 26.2. The average Bonchev–Trinajstić information content (AvgIpc) is 3.26. The van der Waals surface area contributed by atoms with Gasteiger partial charge in [-0.05, 0) is 58.2 Å². The Hall–Kier alpha value is -3.91. The maximum atomic E-state index is 12.4. The minimum Gasteiger partial charge on any atom is -0.492 e. The molecule has 0 saturated heterocycles. The third kappa shape index (κ3) is 7.30. The lowest BCUT2D eigenvalue weighted by molar-refractivity contribution is -0.141. The second-order valence-corrected chi connectivity index (χ2v) is 9.43. The molecule has 0 aliphatic rings. The molecule has 1 heterocycles. The molecule has 1 amide bonds. The van der Waals surface area contributed by atoms with Crippen LogP contribution in [0.25, 0.3) is 11.5 Å². The van der Waals surface area contributed by atoms with E-state index in [-0.39, 0.29) is 18.7 Å². The summed E-state index contributed by atoms with van der Waals surface area (Å²) in [5.74, 6) is 0.549. The zero-order valence-corrected chi connectivity index (χ0v) is 21.9. The number of nitrogens with one attached hydrogen (secondary N) is 1. The molecule has 0 aliphatic carbocycles. The number of oxazole rings is 1. The molecule has 0 saturated carbocycles. The van der Waals surface area contributed by atoms with Crippen molar-refractivity contribution in [2.24, 2.45) is 0 Å². The van der Waals surface area contributed by atoms with Crippen LogP contribution in [0.2, 0.25) is 0 Å². The summed E-state index contributed by atoms with van der Waals surface area (Å²) >= 11 is 3.51. The average molecular weight is 563 g/mol. The van der Waals surface area contributed by atoms with Crippen LogP contribution < -0.4 is 10.1 Å². The van der Waals surface area contributed by atoms with Gasteiger partial charge in [0.05, 0.1) is 23.2 Å². The van der Waals surface area contributed by atoms with Gasteiger partial charge in [0.1, 0.15) is 17.6 Å². The number of carboxylic acids is 1. The Bertz CT molecular complexity index is 1360. The van der Waals surface area contributed by atoms with Gasteiger partial charge in [0.2, 0.25) is 11.8 Å². The molecule has 0 unspecified atom stereocenters. The van der Waals surface area contributed by atoms with E-state index in [1.54, 1.807) is 12.1 Å². The zero-order chi connectivity index (χ0) is 26.2. The van der Waals surface area contributed by atoms with E-state index in [0.717, 1.165) is 28.1 Å². The third-order valence-corrected chi connectivity index (χ3v) is 6.41. The van der Waals surface area contributed by atoms with Gasteiger partial charge in [-0.2, -0.15) is 0 Å². The number of aryl methyl sites for hydroxylation is 1. The van der Waals surface area contributed by atoms with Gasteiger partial charge in [-0.1, -0.05) is 54.6 Å². The summed E-state index contributed by atoms with van der Waals surface area (Å²) in [5, 5.41) is 12.2. The number of hydrogen-bond donors (Lipinski definition) is 2. The number of rotatable bonds is 11. The van der Waals surface area contributed by atoms with Crippen molar-refractivity contribution in [3.05, 3.63) is 106 Å². The van der Waals surface area contributed by atoms with Crippen LogP contribution in [0.5, 0.6) is 5.75 Å². The quantitative estimate of drug-likeness (QED) is 0.254. The Morgan fingerprint density at radius 3 is 2.41 bits per heavy atom. The van der Waals surface area contributed by atoms with Crippen LogP contribution in [0, 0.1) is 6.92 Å². The van der Waals surface area contributed by atoms with Gasteiger partial charge in [0, 0.05) is 18.4 Å². The van der Waals surface area contributed by atoms with Crippen molar-refractivity contribution in [1.29, 1.82) is 0 Å². The van der Waals surface area contributed by atoms with E-state index in [9.17, 15) is 14.7 Å². The fraction of sp³-hybridized carbons (Fsp3) is 0.207. The second-order valence-electron chi connectivity index (χ2n) is 8.58. The topological polar surface area (TPSA) is 102 Å². The first-order valence-corrected chi connectivity index (χ1v) is 12.7. The molecule has 0 radical (unpaired) electrons. The van der Waals surface area contributed by atoms with Gasteiger partial charge in [-0.25, -0.2) is 9.78 Å². The van der Waals surface area contributed by atoms with Crippen molar-refractivity contribution in [3.8, 4) is 17.2 Å². The number of carbonyl (C=O) groups is 2. The van der Waals surface area contributed by atoms with Crippen molar-refractivity contribution < 1.29 is 23.8 Å². The number of halogens is 1. The highest BCUT2D eigenvalue weighted by atomic mass is 79.9. The molecule has 37 heavy (non-hydrogen) atoms. The van der Waals surface area contributed by atoms with Crippen molar-refractivity contribution in [1.82, 2.24) is 10.3 Å². The number of carboxylic acid groups (broad SMARTS) is 1. The predicted octanol–water partition coefficient (Wildman–Crippen LogP) is 5.39. The first-order chi connectivity index (χ1) is 17.9. The Morgan fingerprint density at radius 2 is 1.73 bits per heavy atom. The smallest absolute Gasteiger partial charge is 0.326 e. The molecular weight excluding hydrogens is 536 g/mol. The fourth-order valence-electron chi connectivity index (χ4n) is 3.87. The SMILES string of the molecule is Cc1oc(-c2ccccc2)nc1CCOc1ccc(C[C@H](NC(=O)Cc2ccccc2)C(=O)O)cc1Br. The largest absolute Gasteiger partial charge is 0.492 e. The molecule has 0 fully saturated rings. The van der Waals surface area contributed by atoms with Gasteiger partial charge >= 0.3 is 5.97 Å². The van der Waals surface area contributed by atoms with Crippen LogP contribution in [0.1, 0.15) is 22.6 Å². The summed E-state index contributed by atoms with van der Waals surface area (Å²) in [5.41, 5.74) is 3.34. The third-order valence-electron chi connectivity index (χ3n) is 5.79. The number of nitrogens with zero attached hydrogens (tertiary/aromatic N) is 1. The van der Waals surface area contributed by atoms with Crippen molar-refractivity contribution in [2.45, 2.75) is 32.2 Å². The summed E-state index contributed by atoms with van der Waals surface area (Å²) in [6.07, 6.45) is 0.846. The Labute approximate surface area is 223 Å². The van der Waals surface area contributed by atoms with E-state index in [0.29, 0.717) is 29.1 Å². The van der Waals surface area contributed by atoms with Gasteiger partial charge < -0.3 is 19.6 Å². The van der Waals surface area contributed by atoms with Crippen LogP contribution in [-0.4, -0.2) is 34.6 Å². The van der Waals surface area contributed by atoms with Gasteiger partial charge in [0.15, 0.2) is 0 Å². The lowest BCUT2D eigenvalue weighted by Gasteiger charge is -2.16. The summed E-state index contributed by atoms with van der Waals surface area (Å²) < 4.78 is 12.4. The normalized spacial score (nSPS) is 11.6. The minimum atomic E-state index is -1.09. The van der Waals surface area contributed by atoms with E-state index in [1.165, 1.54) is 0 Å². The molecule has 4 aromatic rings. The van der Waals surface area contributed by atoms with Crippen LogP contribution in [-0.2, 0) is 28.9 Å². The van der Waals surface area contributed by atoms with E-state index in [2.05, 4.69) is 26.2 Å². The summed E-state index contributed by atoms with van der Waals surface area (Å²) in [7, 11) is 0. The molecule has 1 atom stereocenters. The number of amides is 1. The molecule has 0 aliphatic heterocycles. The highest BCUT2D eigenvalue weighted by Crippen LogP contribution is 2.27. The molecule has 0 bridgehead atoms. The summed E-state index contributed by atoms with van der Waals surface area (Å²) in [4.78, 5) is 28.7. The predicted molar refractivity (Wildman–Crippen MR) is 143 cm³/mol. The van der Waals surface area contributed by atoms with Crippen molar-refractivity contribution in [2.75, 3.05) is 6.61 Å². The Kier molecular flexibility index (Phi) is 8.74. The lowest BCUT2D eigenvalue weighted by atomic mass is 10.0. The maximum Gasteiger partial charge on any atom is 0.326 e. The van der Waals surface area contributed by atoms with E-state index in [4.69, 9.17) is 9.15 Å². The molecular formula is C29H27BrN2O5. The molecule has 1 aromatic heterocycles. The maximum absolute atomic E-state index is 12.4. The van der Waals surface area contributed by atoms with Gasteiger partial charge in [-0.15, -0.1) is 0 Å². The van der Waals surface area contributed by atoms with Gasteiger partial charge in [-0.3, -0.25) is 4.79 Å². The monoisotopic (exact) mass is 562 g/mol. The van der Waals surface area contributed by atoms with Crippen molar-refractivity contribution in [3.63, 3.8) is 0 Å². The van der Waals surface area contributed by atoms with Crippen molar-refractivity contribution >= 4 is 27.8 Å². The Balaban J connectivity index is 1.32. The molecule has 190 valence electrons. The Morgan fingerprint density at radius 1 is 1.03 bits per heavy atom. The number of benzene rings is 3. The van der Waals surface area contributed by atoms with E-state index < -0.39 is 12.0 Å². The van der Waals surface area contributed by atoms with Gasteiger partial charge in [0.25, 0.3) is 0 Å². The van der Waals surface area contributed by atoms with E-state index in [1.807, 2.05) is 73.7 Å². The summed E-state index contributed by atoms with van der Waals surface area (Å²) in [6.45, 7) is 2.28. The van der Waals surface area contributed by atoms with Crippen LogP contribution in [0.4, 0.5) is 0 Å². The van der Waals surface area contributed by atoms with E-state index >= 15 is 0 Å². The molecule has 0 spiro atoms. The highest BCUT2D eigenvalue weighted by molar-refractivity contribution is 9.10. The number of aliphatic carboxylic acids is 1. The van der Waals surface area contributed by atoms with Crippen LogP contribution >= 0.6 is 15.9 Å². The van der Waals surface area contributed by atoms with Crippen LogP contribution in [0.15, 0.2) is 87.8 Å².